The highest BCUT2D eigenvalue weighted by Gasteiger charge is 2.21. The van der Waals surface area contributed by atoms with Gasteiger partial charge >= 0.3 is 0 Å². The number of benzene rings is 1. The highest BCUT2D eigenvalue weighted by molar-refractivity contribution is 5.92. The SMILES string of the molecule is Cc1cccc(NC(=O)CN2CCN(C(C)CN)CC2)c1. The number of hydrogen-bond acceptors (Lipinski definition) is 4. The third-order valence-electron chi connectivity index (χ3n) is 4.04. The minimum atomic E-state index is 0.0564. The summed E-state index contributed by atoms with van der Waals surface area (Å²) in [5.41, 5.74) is 7.72. The van der Waals surface area contributed by atoms with E-state index in [1.54, 1.807) is 0 Å². The molecule has 3 N–H and O–H groups in total. The Bertz CT molecular complexity index is 469. The Morgan fingerprint density at radius 2 is 2.05 bits per heavy atom. The number of hydrogen-bond donors (Lipinski definition) is 2. The Kier molecular flexibility index (Phi) is 5.73. The fourth-order valence-corrected chi connectivity index (χ4v) is 2.64. The van der Waals surface area contributed by atoms with E-state index in [9.17, 15) is 4.79 Å². The van der Waals surface area contributed by atoms with Crippen molar-refractivity contribution in [3.8, 4) is 0 Å². The monoisotopic (exact) mass is 290 g/mol. The predicted octanol–water partition coefficient (Wildman–Crippen LogP) is 0.898. The Balaban J connectivity index is 1.77. The molecule has 0 aliphatic carbocycles. The standard InChI is InChI=1S/C16H26N4O/c1-13-4-3-5-15(10-13)18-16(21)12-19-6-8-20(9-7-19)14(2)11-17/h3-5,10,14H,6-9,11-12,17H2,1-2H3,(H,18,21). The van der Waals surface area contributed by atoms with Gasteiger partial charge < -0.3 is 11.1 Å². The van der Waals surface area contributed by atoms with Crippen LogP contribution in [-0.4, -0.2) is 61.0 Å². The molecule has 116 valence electrons. The lowest BCUT2D eigenvalue weighted by atomic mass is 10.2. The van der Waals surface area contributed by atoms with Gasteiger partial charge in [0.25, 0.3) is 0 Å². The van der Waals surface area contributed by atoms with Crippen molar-refractivity contribution in [2.45, 2.75) is 19.9 Å². The van der Waals surface area contributed by atoms with Gasteiger partial charge in [-0.1, -0.05) is 12.1 Å². The molecule has 5 heteroatoms. The van der Waals surface area contributed by atoms with Crippen molar-refractivity contribution in [1.29, 1.82) is 0 Å². The largest absolute Gasteiger partial charge is 0.329 e. The number of aryl methyl sites for hydroxylation is 1. The van der Waals surface area contributed by atoms with Gasteiger partial charge in [-0.05, 0) is 31.5 Å². The molecular weight excluding hydrogens is 264 g/mol. The maximum atomic E-state index is 12.1. The van der Waals surface area contributed by atoms with E-state index >= 15 is 0 Å². The van der Waals surface area contributed by atoms with Crippen molar-refractivity contribution in [3.05, 3.63) is 29.8 Å². The maximum Gasteiger partial charge on any atom is 0.238 e. The normalized spacial score (nSPS) is 18.4. The smallest absolute Gasteiger partial charge is 0.238 e. The highest BCUT2D eigenvalue weighted by Crippen LogP contribution is 2.10. The number of rotatable bonds is 5. The quantitative estimate of drug-likeness (QED) is 0.846. The number of carbonyl (C=O) groups is 1. The zero-order chi connectivity index (χ0) is 15.2. The molecule has 21 heavy (non-hydrogen) atoms. The summed E-state index contributed by atoms with van der Waals surface area (Å²) in [6.45, 7) is 9.13. The summed E-state index contributed by atoms with van der Waals surface area (Å²) in [6.07, 6.45) is 0. The molecule has 0 bridgehead atoms. The first kappa shape index (κ1) is 15.9. The fraction of sp³-hybridized carbons (Fsp3) is 0.562. The van der Waals surface area contributed by atoms with E-state index < -0.39 is 0 Å². The summed E-state index contributed by atoms with van der Waals surface area (Å²) in [5.74, 6) is 0.0564. The lowest BCUT2D eigenvalue weighted by Crippen LogP contribution is -2.52. The van der Waals surface area contributed by atoms with Crippen LogP contribution in [0.2, 0.25) is 0 Å². The van der Waals surface area contributed by atoms with Crippen molar-refractivity contribution in [2.75, 3.05) is 44.6 Å². The van der Waals surface area contributed by atoms with Gasteiger partial charge in [-0.25, -0.2) is 0 Å². The number of nitrogens with zero attached hydrogens (tertiary/aromatic N) is 2. The number of carbonyl (C=O) groups excluding carboxylic acids is 1. The zero-order valence-corrected chi connectivity index (χ0v) is 13.0. The number of nitrogens with two attached hydrogens (primary N) is 1. The Morgan fingerprint density at radius 3 is 2.67 bits per heavy atom. The van der Waals surface area contributed by atoms with Gasteiger partial charge in [0.05, 0.1) is 6.54 Å². The number of nitrogens with one attached hydrogen (secondary N) is 1. The van der Waals surface area contributed by atoms with Crippen molar-refractivity contribution >= 4 is 11.6 Å². The van der Waals surface area contributed by atoms with E-state index in [1.807, 2.05) is 31.2 Å². The first-order chi connectivity index (χ1) is 10.1. The van der Waals surface area contributed by atoms with Crippen LogP contribution < -0.4 is 11.1 Å². The molecule has 1 fully saturated rings. The van der Waals surface area contributed by atoms with E-state index in [-0.39, 0.29) is 5.91 Å². The van der Waals surface area contributed by atoms with Crippen LogP contribution in [0.15, 0.2) is 24.3 Å². The first-order valence-electron chi connectivity index (χ1n) is 7.61. The van der Waals surface area contributed by atoms with E-state index in [4.69, 9.17) is 5.73 Å². The average molecular weight is 290 g/mol. The molecular formula is C16H26N4O. The summed E-state index contributed by atoms with van der Waals surface area (Å²) in [6, 6.07) is 8.31. The minimum absolute atomic E-state index is 0.0564. The molecule has 1 aliphatic heterocycles. The van der Waals surface area contributed by atoms with Gasteiger partial charge in [0.2, 0.25) is 5.91 Å². The summed E-state index contributed by atoms with van der Waals surface area (Å²) in [7, 11) is 0. The molecule has 0 spiro atoms. The molecule has 1 aliphatic rings. The number of amides is 1. The molecule has 2 rings (SSSR count). The third-order valence-corrected chi connectivity index (χ3v) is 4.04. The van der Waals surface area contributed by atoms with Crippen molar-refractivity contribution in [3.63, 3.8) is 0 Å². The number of anilines is 1. The fourth-order valence-electron chi connectivity index (χ4n) is 2.64. The molecule has 1 aromatic rings. The van der Waals surface area contributed by atoms with Crippen LogP contribution in [0.25, 0.3) is 0 Å². The second-order valence-electron chi connectivity index (χ2n) is 5.81. The summed E-state index contributed by atoms with van der Waals surface area (Å²) in [5, 5.41) is 2.96. The molecule has 0 aromatic heterocycles. The predicted molar refractivity (Wildman–Crippen MR) is 86.3 cm³/mol. The summed E-state index contributed by atoms with van der Waals surface area (Å²) < 4.78 is 0. The zero-order valence-electron chi connectivity index (χ0n) is 13.0. The Hall–Kier alpha value is -1.43. The third kappa shape index (κ3) is 4.81. The molecule has 1 atom stereocenters. The van der Waals surface area contributed by atoms with Crippen molar-refractivity contribution in [2.24, 2.45) is 5.73 Å². The molecule has 1 heterocycles. The van der Waals surface area contributed by atoms with Crippen LogP contribution in [0, 0.1) is 6.92 Å². The summed E-state index contributed by atoms with van der Waals surface area (Å²) in [4.78, 5) is 16.7. The highest BCUT2D eigenvalue weighted by atomic mass is 16.2. The van der Waals surface area contributed by atoms with E-state index in [0.29, 0.717) is 19.1 Å². The number of piperazine rings is 1. The lowest BCUT2D eigenvalue weighted by Gasteiger charge is -2.37. The van der Waals surface area contributed by atoms with Crippen LogP contribution in [0.5, 0.6) is 0 Å². The van der Waals surface area contributed by atoms with E-state index in [2.05, 4.69) is 22.0 Å². The second kappa shape index (κ2) is 7.54. The first-order valence-corrected chi connectivity index (χ1v) is 7.61. The molecule has 1 saturated heterocycles. The lowest BCUT2D eigenvalue weighted by molar-refractivity contribution is -0.117. The van der Waals surface area contributed by atoms with E-state index in [0.717, 1.165) is 37.4 Å². The molecule has 0 radical (unpaired) electrons. The van der Waals surface area contributed by atoms with E-state index in [1.165, 1.54) is 0 Å². The van der Waals surface area contributed by atoms with Gasteiger partial charge in [0.15, 0.2) is 0 Å². The molecule has 1 amide bonds. The van der Waals surface area contributed by atoms with Crippen LogP contribution >= 0.6 is 0 Å². The minimum Gasteiger partial charge on any atom is -0.329 e. The van der Waals surface area contributed by atoms with Crippen LogP contribution in [0.4, 0.5) is 5.69 Å². The van der Waals surface area contributed by atoms with Crippen LogP contribution in [-0.2, 0) is 4.79 Å². The molecule has 1 unspecified atom stereocenters. The molecule has 5 nitrogen and oxygen atoms in total. The van der Waals surface area contributed by atoms with Crippen molar-refractivity contribution < 1.29 is 4.79 Å². The topological polar surface area (TPSA) is 61.6 Å². The van der Waals surface area contributed by atoms with Gasteiger partial charge in [-0.15, -0.1) is 0 Å². The van der Waals surface area contributed by atoms with Crippen molar-refractivity contribution in [1.82, 2.24) is 9.80 Å². The molecule has 1 aromatic carbocycles. The van der Waals surface area contributed by atoms with Gasteiger partial charge in [0, 0.05) is 44.5 Å². The maximum absolute atomic E-state index is 12.1. The summed E-state index contributed by atoms with van der Waals surface area (Å²) >= 11 is 0. The molecule has 0 saturated carbocycles. The van der Waals surface area contributed by atoms with Gasteiger partial charge in [0.1, 0.15) is 0 Å². The van der Waals surface area contributed by atoms with Crippen LogP contribution in [0.1, 0.15) is 12.5 Å². The van der Waals surface area contributed by atoms with Crippen LogP contribution in [0.3, 0.4) is 0 Å². The second-order valence-corrected chi connectivity index (χ2v) is 5.81. The Labute approximate surface area is 127 Å². The van der Waals surface area contributed by atoms with Gasteiger partial charge in [-0.2, -0.15) is 0 Å². The Morgan fingerprint density at radius 1 is 1.33 bits per heavy atom. The average Bonchev–Trinajstić information content (AvgIpc) is 2.47. The van der Waals surface area contributed by atoms with Gasteiger partial charge in [-0.3, -0.25) is 14.6 Å².